The first-order valence-electron chi connectivity index (χ1n) is 4.33. The van der Waals surface area contributed by atoms with Crippen LogP contribution < -0.4 is 0 Å². The van der Waals surface area contributed by atoms with E-state index in [9.17, 15) is 4.79 Å². The van der Waals surface area contributed by atoms with Gasteiger partial charge in [0.05, 0.1) is 19.8 Å². The third-order valence-electron chi connectivity index (χ3n) is 1.21. The highest BCUT2D eigenvalue weighted by molar-refractivity contribution is 5.81. The Bertz CT molecular complexity index is 173. The summed E-state index contributed by atoms with van der Waals surface area (Å²) in [5.41, 5.74) is 0. The summed E-state index contributed by atoms with van der Waals surface area (Å²) in [6.45, 7) is 6.85. The highest BCUT2D eigenvalue weighted by atomic mass is 16.5. The Morgan fingerprint density at radius 2 is 2.31 bits per heavy atom. The molecule has 0 atom stereocenters. The van der Waals surface area contributed by atoms with Crippen molar-refractivity contribution >= 4 is 5.97 Å². The molecule has 0 saturated carbocycles. The first-order valence-corrected chi connectivity index (χ1v) is 4.33. The summed E-state index contributed by atoms with van der Waals surface area (Å²) in [6.07, 6.45) is 5.56. The van der Waals surface area contributed by atoms with Crippen LogP contribution >= 0.6 is 0 Å². The molecule has 0 amide bonds. The standard InChI is InChI=1S/C10H16O3/c1-3-8-12-9-6-5-7-10(11)13-4-2/h3,5,7H,1,4,6,8-9H2,2H3. The van der Waals surface area contributed by atoms with Gasteiger partial charge in [0.2, 0.25) is 0 Å². The molecule has 0 radical (unpaired) electrons. The van der Waals surface area contributed by atoms with Crippen LogP contribution in [0, 0.1) is 0 Å². The van der Waals surface area contributed by atoms with Crippen molar-refractivity contribution in [1.82, 2.24) is 0 Å². The summed E-state index contributed by atoms with van der Waals surface area (Å²) in [5.74, 6) is -0.300. The van der Waals surface area contributed by atoms with Crippen LogP contribution in [0.1, 0.15) is 13.3 Å². The lowest BCUT2D eigenvalue weighted by Crippen LogP contribution is -1.99. The van der Waals surface area contributed by atoms with Gasteiger partial charge in [-0.3, -0.25) is 0 Å². The van der Waals surface area contributed by atoms with Gasteiger partial charge in [-0.15, -0.1) is 6.58 Å². The van der Waals surface area contributed by atoms with Gasteiger partial charge in [-0.1, -0.05) is 12.2 Å². The molecule has 0 fully saturated rings. The molecule has 13 heavy (non-hydrogen) atoms. The summed E-state index contributed by atoms with van der Waals surface area (Å²) in [7, 11) is 0. The zero-order valence-electron chi connectivity index (χ0n) is 7.99. The van der Waals surface area contributed by atoms with E-state index in [-0.39, 0.29) is 5.97 Å². The summed E-state index contributed by atoms with van der Waals surface area (Å²) in [5, 5.41) is 0. The topological polar surface area (TPSA) is 35.5 Å². The molecule has 3 nitrogen and oxygen atoms in total. The Balaban J connectivity index is 3.29. The molecule has 0 rings (SSSR count). The quantitative estimate of drug-likeness (QED) is 0.261. The molecule has 0 aliphatic heterocycles. The van der Waals surface area contributed by atoms with E-state index in [0.29, 0.717) is 26.2 Å². The second-order valence-electron chi connectivity index (χ2n) is 2.31. The molecule has 0 heterocycles. The van der Waals surface area contributed by atoms with Gasteiger partial charge in [0.25, 0.3) is 0 Å². The zero-order valence-corrected chi connectivity index (χ0v) is 7.99. The van der Waals surface area contributed by atoms with Crippen molar-refractivity contribution in [1.29, 1.82) is 0 Å². The van der Waals surface area contributed by atoms with Crippen molar-refractivity contribution in [3.8, 4) is 0 Å². The number of carbonyl (C=O) groups is 1. The molecule has 0 aromatic rings. The normalized spacial score (nSPS) is 10.2. The molecule has 0 saturated heterocycles. The summed E-state index contributed by atoms with van der Waals surface area (Å²) < 4.78 is 9.79. The number of hydrogen-bond donors (Lipinski definition) is 0. The second kappa shape index (κ2) is 9.00. The molecule has 3 heteroatoms. The van der Waals surface area contributed by atoms with Gasteiger partial charge >= 0.3 is 5.97 Å². The SMILES string of the molecule is C=CCOCCC=CC(=O)OCC. The van der Waals surface area contributed by atoms with Gasteiger partial charge in [0, 0.05) is 6.08 Å². The van der Waals surface area contributed by atoms with E-state index < -0.39 is 0 Å². The van der Waals surface area contributed by atoms with E-state index in [1.165, 1.54) is 6.08 Å². The molecule has 0 aromatic carbocycles. The number of ether oxygens (including phenoxy) is 2. The first kappa shape index (κ1) is 11.9. The Hall–Kier alpha value is -1.09. The van der Waals surface area contributed by atoms with Crippen LogP contribution in [0.25, 0.3) is 0 Å². The minimum atomic E-state index is -0.300. The lowest BCUT2D eigenvalue weighted by Gasteiger charge is -1.96. The third-order valence-corrected chi connectivity index (χ3v) is 1.21. The van der Waals surface area contributed by atoms with Crippen LogP contribution in [0.4, 0.5) is 0 Å². The number of hydrogen-bond acceptors (Lipinski definition) is 3. The largest absolute Gasteiger partial charge is 0.463 e. The van der Waals surface area contributed by atoms with Crippen molar-refractivity contribution < 1.29 is 14.3 Å². The minimum absolute atomic E-state index is 0.300. The molecular weight excluding hydrogens is 168 g/mol. The Morgan fingerprint density at radius 3 is 2.92 bits per heavy atom. The van der Waals surface area contributed by atoms with Gasteiger partial charge in [0.1, 0.15) is 0 Å². The number of carbonyl (C=O) groups excluding carboxylic acids is 1. The fraction of sp³-hybridized carbons (Fsp3) is 0.500. The highest BCUT2D eigenvalue weighted by Crippen LogP contribution is 1.87. The molecule has 0 unspecified atom stereocenters. The zero-order chi connectivity index (χ0) is 9.94. The average Bonchev–Trinajstić information content (AvgIpc) is 2.11. The Morgan fingerprint density at radius 1 is 1.54 bits per heavy atom. The number of esters is 1. The van der Waals surface area contributed by atoms with Crippen molar-refractivity contribution in [3.63, 3.8) is 0 Å². The van der Waals surface area contributed by atoms with E-state index in [4.69, 9.17) is 4.74 Å². The maximum Gasteiger partial charge on any atom is 0.330 e. The van der Waals surface area contributed by atoms with E-state index in [0.717, 1.165) is 0 Å². The van der Waals surface area contributed by atoms with Crippen LogP contribution in [0.2, 0.25) is 0 Å². The predicted octanol–water partition coefficient (Wildman–Crippen LogP) is 1.70. The van der Waals surface area contributed by atoms with Crippen LogP contribution in [-0.4, -0.2) is 25.8 Å². The fourth-order valence-corrected chi connectivity index (χ4v) is 0.688. The Kier molecular flexibility index (Phi) is 8.25. The van der Waals surface area contributed by atoms with E-state index in [2.05, 4.69) is 11.3 Å². The lowest BCUT2D eigenvalue weighted by molar-refractivity contribution is -0.137. The molecule has 0 aliphatic carbocycles. The average molecular weight is 184 g/mol. The third kappa shape index (κ3) is 8.82. The smallest absolute Gasteiger partial charge is 0.330 e. The second-order valence-corrected chi connectivity index (χ2v) is 2.31. The molecule has 0 aromatic heterocycles. The summed E-state index contributed by atoms with van der Waals surface area (Å²) in [6, 6.07) is 0. The van der Waals surface area contributed by atoms with Gasteiger partial charge in [0.15, 0.2) is 0 Å². The van der Waals surface area contributed by atoms with Gasteiger partial charge < -0.3 is 9.47 Å². The molecular formula is C10H16O3. The lowest BCUT2D eigenvalue weighted by atomic mass is 10.4. The fourth-order valence-electron chi connectivity index (χ4n) is 0.688. The van der Waals surface area contributed by atoms with Gasteiger partial charge in [-0.05, 0) is 13.3 Å². The van der Waals surface area contributed by atoms with Crippen LogP contribution in [0.15, 0.2) is 24.8 Å². The monoisotopic (exact) mass is 184 g/mol. The van der Waals surface area contributed by atoms with E-state index in [1.807, 2.05) is 0 Å². The predicted molar refractivity (Wildman–Crippen MR) is 51.4 cm³/mol. The highest BCUT2D eigenvalue weighted by Gasteiger charge is 1.91. The molecule has 0 aliphatic rings. The summed E-state index contributed by atoms with van der Waals surface area (Å²) >= 11 is 0. The Labute approximate surface area is 79.0 Å². The van der Waals surface area contributed by atoms with E-state index >= 15 is 0 Å². The van der Waals surface area contributed by atoms with Crippen molar-refractivity contribution in [2.75, 3.05) is 19.8 Å². The molecule has 0 bridgehead atoms. The maximum absolute atomic E-state index is 10.8. The van der Waals surface area contributed by atoms with Gasteiger partial charge in [-0.2, -0.15) is 0 Å². The van der Waals surface area contributed by atoms with Gasteiger partial charge in [-0.25, -0.2) is 4.79 Å². The van der Waals surface area contributed by atoms with Crippen molar-refractivity contribution in [2.24, 2.45) is 0 Å². The number of rotatable bonds is 7. The molecule has 74 valence electrons. The minimum Gasteiger partial charge on any atom is -0.463 e. The van der Waals surface area contributed by atoms with Crippen LogP contribution in [-0.2, 0) is 14.3 Å². The van der Waals surface area contributed by atoms with Crippen LogP contribution in [0.3, 0.4) is 0 Å². The van der Waals surface area contributed by atoms with Crippen LogP contribution in [0.5, 0.6) is 0 Å². The molecule has 0 N–H and O–H groups in total. The maximum atomic E-state index is 10.8. The summed E-state index contributed by atoms with van der Waals surface area (Å²) in [4.78, 5) is 10.8. The molecule has 0 spiro atoms. The van der Waals surface area contributed by atoms with E-state index in [1.54, 1.807) is 19.1 Å². The van der Waals surface area contributed by atoms with Crippen molar-refractivity contribution in [3.05, 3.63) is 24.8 Å². The first-order chi connectivity index (χ1) is 6.31. The van der Waals surface area contributed by atoms with Crippen molar-refractivity contribution in [2.45, 2.75) is 13.3 Å².